The fourth-order valence-corrected chi connectivity index (χ4v) is 3.05. The van der Waals surface area contributed by atoms with Gasteiger partial charge in [0.25, 0.3) is 0 Å². The fourth-order valence-electron chi connectivity index (χ4n) is 1.49. The molecule has 0 aliphatic rings. The van der Waals surface area contributed by atoms with E-state index >= 15 is 0 Å². The van der Waals surface area contributed by atoms with Crippen molar-refractivity contribution in [2.45, 2.75) is 17.9 Å². The maximum Gasteiger partial charge on any atom is 0.241 e. The second kappa shape index (κ2) is 7.44. The van der Waals surface area contributed by atoms with Crippen molar-refractivity contribution >= 4 is 27.5 Å². The Morgan fingerprint density at radius 1 is 1.52 bits per heavy atom. The van der Waals surface area contributed by atoms with Gasteiger partial charge < -0.3 is 10.1 Å². The molecule has 0 bridgehead atoms. The third kappa shape index (κ3) is 4.73. The summed E-state index contributed by atoms with van der Waals surface area (Å²) in [7, 11) is -2.42. The molecule has 1 rings (SSSR count). The molecular weight excluding hydrogens is 316 g/mol. The summed E-state index contributed by atoms with van der Waals surface area (Å²) in [6.45, 7) is 5.17. The third-order valence-electron chi connectivity index (χ3n) is 2.58. The molecule has 0 aromatic heterocycles. The molecule has 0 spiro atoms. The topological polar surface area (TPSA) is 84.5 Å². The van der Waals surface area contributed by atoms with Crippen molar-refractivity contribution in [3.63, 3.8) is 0 Å². The molecular formula is C13H17ClN2O4S. The first-order valence-electron chi connectivity index (χ1n) is 6.06. The Labute approximate surface area is 129 Å². The number of carbonyl (C=O) groups is 1. The van der Waals surface area contributed by atoms with Gasteiger partial charge in [0.1, 0.15) is 5.75 Å². The van der Waals surface area contributed by atoms with Gasteiger partial charge in [0.05, 0.1) is 23.1 Å². The summed E-state index contributed by atoms with van der Waals surface area (Å²) in [6.07, 6.45) is 1.50. The maximum absolute atomic E-state index is 12.2. The minimum absolute atomic E-state index is 0.0447. The minimum Gasteiger partial charge on any atom is -0.495 e. The van der Waals surface area contributed by atoms with Crippen LogP contribution in [0.5, 0.6) is 5.75 Å². The molecule has 8 heteroatoms. The van der Waals surface area contributed by atoms with E-state index in [0.29, 0.717) is 5.75 Å². The Balaban J connectivity index is 2.88. The van der Waals surface area contributed by atoms with Crippen molar-refractivity contribution in [2.75, 3.05) is 13.7 Å². The maximum atomic E-state index is 12.2. The van der Waals surface area contributed by atoms with Crippen LogP contribution >= 0.6 is 11.6 Å². The van der Waals surface area contributed by atoms with E-state index in [1.54, 1.807) is 0 Å². The average molecular weight is 333 g/mol. The molecule has 116 valence electrons. The van der Waals surface area contributed by atoms with E-state index in [2.05, 4.69) is 16.6 Å². The number of benzene rings is 1. The summed E-state index contributed by atoms with van der Waals surface area (Å²) in [5.41, 5.74) is 0. The van der Waals surface area contributed by atoms with Crippen LogP contribution in [0.15, 0.2) is 35.7 Å². The number of methoxy groups -OCH3 is 1. The highest BCUT2D eigenvalue weighted by Gasteiger charge is 2.22. The zero-order valence-corrected chi connectivity index (χ0v) is 13.3. The molecule has 0 radical (unpaired) electrons. The Morgan fingerprint density at radius 3 is 2.71 bits per heavy atom. The number of rotatable bonds is 7. The number of hydrogen-bond acceptors (Lipinski definition) is 4. The van der Waals surface area contributed by atoms with Crippen molar-refractivity contribution in [1.82, 2.24) is 10.0 Å². The zero-order chi connectivity index (χ0) is 16.0. The van der Waals surface area contributed by atoms with Gasteiger partial charge in [-0.1, -0.05) is 17.7 Å². The third-order valence-corrected chi connectivity index (χ3v) is 4.41. The van der Waals surface area contributed by atoms with Gasteiger partial charge in [-0.05, 0) is 25.1 Å². The van der Waals surface area contributed by atoms with Gasteiger partial charge in [-0.2, -0.15) is 4.72 Å². The second-order valence-corrected chi connectivity index (χ2v) is 6.29. The van der Waals surface area contributed by atoms with E-state index < -0.39 is 22.0 Å². The first kappa shape index (κ1) is 17.5. The van der Waals surface area contributed by atoms with Gasteiger partial charge in [0, 0.05) is 6.54 Å². The highest BCUT2D eigenvalue weighted by atomic mass is 35.5. The largest absolute Gasteiger partial charge is 0.495 e. The number of carbonyl (C=O) groups excluding carboxylic acids is 1. The smallest absolute Gasteiger partial charge is 0.241 e. The summed E-state index contributed by atoms with van der Waals surface area (Å²) in [6, 6.07) is 3.13. The van der Waals surface area contributed by atoms with E-state index in [4.69, 9.17) is 16.3 Å². The normalized spacial score (nSPS) is 12.5. The number of halogens is 1. The predicted molar refractivity (Wildman–Crippen MR) is 81.0 cm³/mol. The summed E-state index contributed by atoms with van der Waals surface area (Å²) in [5, 5.41) is 2.68. The van der Waals surface area contributed by atoms with Crippen LogP contribution in [-0.2, 0) is 14.8 Å². The van der Waals surface area contributed by atoms with Gasteiger partial charge in [0.2, 0.25) is 15.9 Å². The average Bonchev–Trinajstić information content (AvgIpc) is 2.44. The van der Waals surface area contributed by atoms with Gasteiger partial charge in [-0.3, -0.25) is 4.79 Å². The molecule has 2 N–H and O–H groups in total. The van der Waals surface area contributed by atoms with E-state index in [9.17, 15) is 13.2 Å². The van der Waals surface area contributed by atoms with Crippen LogP contribution in [0.4, 0.5) is 0 Å². The van der Waals surface area contributed by atoms with Crippen molar-refractivity contribution in [1.29, 1.82) is 0 Å². The molecule has 0 saturated heterocycles. The van der Waals surface area contributed by atoms with Crippen molar-refractivity contribution in [3.05, 3.63) is 35.9 Å². The van der Waals surface area contributed by atoms with Crippen LogP contribution in [0.25, 0.3) is 0 Å². The lowest BCUT2D eigenvalue weighted by Gasteiger charge is -2.14. The number of nitrogens with one attached hydrogen (secondary N) is 2. The fraction of sp³-hybridized carbons (Fsp3) is 0.308. The van der Waals surface area contributed by atoms with E-state index in [0.717, 1.165) is 0 Å². The molecule has 0 heterocycles. The minimum atomic E-state index is -3.85. The van der Waals surface area contributed by atoms with Crippen molar-refractivity contribution in [3.8, 4) is 5.75 Å². The van der Waals surface area contributed by atoms with Crippen molar-refractivity contribution < 1.29 is 17.9 Å². The molecule has 1 aromatic rings. The molecule has 0 unspecified atom stereocenters. The zero-order valence-electron chi connectivity index (χ0n) is 11.7. The highest BCUT2D eigenvalue weighted by Crippen LogP contribution is 2.26. The van der Waals surface area contributed by atoms with E-state index in [1.165, 1.54) is 38.3 Å². The van der Waals surface area contributed by atoms with Crippen LogP contribution in [0.1, 0.15) is 6.92 Å². The predicted octanol–water partition coefficient (Wildman–Crippen LogP) is 1.32. The highest BCUT2D eigenvalue weighted by molar-refractivity contribution is 7.89. The molecule has 21 heavy (non-hydrogen) atoms. The van der Waals surface area contributed by atoms with Crippen LogP contribution in [0.3, 0.4) is 0 Å². The number of sulfonamides is 1. The first-order chi connectivity index (χ1) is 9.81. The molecule has 1 amide bonds. The van der Waals surface area contributed by atoms with Gasteiger partial charge >= 0.3 is 0 Å². The number of hydrogen-bond donors (Lipinski definition) is 2. The Kier molecular flexibility index (Phi) is 6.19. The standard InChI is InChI=1S/C13H17ClN2O4S/c1-4-7-15-13(17)9(2)16-21(18,19)10-5-6-12(20-3)11(14)8-10/h4-6,8-9,16H,1,7H2,2-3H3,(H,15,17)/t9-/m0/s1. The summed E-state index contributed by atoms with van der Waals surface area (Å²) in [4.78, 5) is 11.6. The molecule has 1 aromatic carbocycles. The Morgan fingerprint density at radius 2 is 2.19 bits per heavy atom. The van der Waals surface area contributed by atoms with Crippen LogP contribution < -0.4 is 14.8 Å². The molecule has 0 fully saturated rings. The first-order valence-corrected chi connectivity index (χ1v) is 7.92. The van der Waals surface area contributed by atoms with E-state index in [1.807, 2.05) is 0 Å². The monoisotopic (exact) mass is 332 g/mol. The number of amides is 1. The summed E-state index contributed by atoms with van der Waals surface area (Å²) in [5.74, 6) is -0.0783. The van der Waals surface area contributed by atoms with Crippen LogP contribution in [0, 0.1) is 0 Å². The summed E-state index contributed by atoms with van der Waals surface area (Å²) >= 11 is 5.90. The van der Waals surface area contributed by atoms with E-state index in [-0.39, 0.29) is 16.5 Å². The summed E-state index contributed by atoms with van der Waals surface area (Å²) < 4.78 is 31.6. The van der Waals surface area contributed by atoms with Crippen LogP contribution in [0.2, 0.25) is 5.02 Å². The van der Waals surface area contributed by atoms with Gasteiger partial charge in [-0.25, -0.2) is 8.42 Å². The van der Waals surface area contributed by atoms with Crippen LogP contribution in [-0.4, -0.2) is 34.0 Å². The van der Waals surface area contributed by atoms with Gasteiger partial charge in [-0.15, -0.1) is 6.58 Å². The molecule has 0 saturated carbocycles. The molecule has 6 nitrogen and oxygen atoms in total. The lowest BCUT2D eigenvalue weighted by atomic mass is 10.3. The van der Waals surface area contributed by atoms with Gasteiger partial charge in [0.15, 0.2) is 0 Å². The Bertz CT molecular complexity index is 631. The SMILES string of the molecule is C=CCNC(=O)[C@H](C)NS(=O)(=O)c1ccc(OC)c(Cl)c1. The molecule has 1 atom stereocenters. The Hall–Kier alpha value is -1.57. The molecule has 0 aliphatic heterocycles. The van der Waals surface area contributed by atoms with Crippen molar-refractivity contribution in [2.24, 2.45) is 0 Å². The lowest BCUT2D eigenvalue weighted by Crippen LogP contribution is -2.44. The second-order valence-electron chi connectivity index (χ2n) is 4.17. The quantitative estimate of drug-likeness (QED) is 0.737. The molecule has 0 aliphatic carbocycles. The lowest BCUT2D eigenvalue weighted by molar-refractivity contribution is -0.122. The number of ether oxygens (including phenoxy) is 1.